The highest BCUT2D eigenvalue weighted by Gasteiger charge is 2.18. The van der Waals surface area contributed by atoms with Crippen LogP contribution >= 0.6 is 11.6 Å². The van der Waals surface area contributed by atoms with Crippen molar-refractivity contribution >= 4 is 17.5 Å². The first-order valence-electron chi connectivity index (χ1n) is 7.40. The third-order valence-electron chi connectivity index (χ3n) is 3.56. The summed E-state index contributed by atoms with van der Waals surface area (Å²) < 4.78 is 15.9. The van der Waals surface area contributed by atoms with Gasteiger partial charge in [0.15, 0.2) is 11.5 Å². The van der Waals surface area contributed by atoms with Crippen LogP contribution in [-0.4, -0.2) is 30.8 Å². The summed E-state index contributed by atoms with van der Waals surface area (Å²) in [6.07, 6.45) is 0.972. The second kappa shape index (κ2) is 7.48. The number of nitrogens with zero attached hydrogens (tertiary/aromatic N) is 1. The van der Waals surface area contributed by atoms with Gasteiger partial charge in [-0.1, -0.05) is 16.8 Å². The molecular formula is C16H17ClN2O4. The Hall–Kier alpha value is -2.05. The largest absolute Gasteiger partial charge is 0.486 e. The molecule has 1 saturated heterocycles. The lowest BCUT2D eigenvalue weighted by molar-refractivity contribution is 0.0935. The molecule has 3 rings (SSSR count). The van der Waals surface area contributed by atoms with E-state index < -0.39 is 0 Å². The number of amides is 1. The molecule has 1 aromatic carbocycles. The number of nitrogens with one attached hydrogen (secondary N) is 1. The molecule has 1 amide bonds. The SMILES string of the molecule is O=C(NCC1CCOC1)c1cc(COc2ccc(Cl)cc2)on1. The van der Waals surface area contributed by atoms with Crippen LogP contribution in [0.1, 0.15) is 22.7 Å². The molecule has 2 heterocycles. The van der Waals surface area contributed by atoms with Gasteiger partial charge in [-0.3, -0.25) is 4.79 Å². The number of ether oxygens (including phenoxy) is 2. The molecule has 1 aliphatic heterocycles. The number of rotatable bonds is 6. The zero-order valence-corrected chi connectivity index (χ0v) is 13.2. The Labute approximate surface area is 138 Å². The Morgan fingerprint density at radius 2 is 2.22 bits per heavy atom. The molecule has 1 unspecified atom stereocenters. The fourth-order valence-corrected chi connectivity index (χ4v) is 2.37. The van der Waals surface area contributed by atoms with Crippen LogP contribution in [0.25, 0.3) is 0 Å². The summed E-state index contributed by atoms with van der Waals surface area (Å²) in [5.74, 6) is 1.27. The van der Waals surface area contributed by atoms with Crippen molar-refractivity contribution in [2.24, 2.45) is 5.92 Å². The Morgan fingerprint density at radius 1 is 1.39 bits per heavy atom. The van der Waals surface area contributed by atoms with Gasteiger partial charge in [-0.25, -0.2) is 0 Å². The highest BCUT2D eigenvalue weighted by atomic mass is 35.5. The second-order valence-corrected chi connectivity index (χ2v) is 5.80. The summed E-state index contributed by atoms with van der Waals surface area (Å²) in [7, 11) is 0. The lowest BCUT2D eigenvalue weighted by Gasteiger charge is -2.07. The molecule has 23 heavy (non-hydrogen) atoms. The molecule has 1 aliphatic rings. The van der Waals surface area contributed by atoms with Crippen molar-refractivity contribution in [1.82, 2.24) is 10.5 Å². The summed E-state index contributed by atoms with van der Waals surface area (Å²) in [6, 6.07) is 8.58. The topological polar surface area (TPSA) is 73.6 Å². The third kappa shape index (κ3) is 4.46. The quantitative estimate of drug-likeness (QED) is 0.878. The number of hydrogen-bond donors (Lipinski definition) is 1. The van der Waals surface area contributed by atoms with Crippen molar-refractivity contribution in [2.45, 2.75) is 13.0 Å². The van der Waals surface area contributed by atoms with Crippen molar-refractivity contribution in [1.29, 1.82) is 0 Å². The van der Waals surface area contributed by atoms with E-state index in [0.717, 1.165) is 13.0 Å². The van der Waals surface area contributed by atoms with Crippen molar-refractivity contribution in [3.05, 3.63) is 46.8 Å². The van der Waals surface area contributed by atoms with Crippen molar-refractivity contribution in [2.75, 3.05) is 19.8 Å². The number of carbonyl (C=O) groups excluding carboxylic acids is 1. The van der Waals surface area contributed by atoms with E-state index in [9.17, 15) is 4.79 Å². The van der Waals surface area contributed by atoms with Crippen LogP contribution in [0.15, 0.2) is 34.9 Å². The van der Waals surface area contributed by atoms with Gasteiger partial charge in [0.05, 0.1) is 6.61 Å². The predicted molar refractivity (Wildman–Crippen MR) is 83.5 cm³/mol. The molecule has 0 spiro atoms. The number of carbonyl (C=O) groups is 1. The lowest BCUT2D eigenvalue weighted by Crippen LogP contribution is -2.29. The fraction of sp³-hybridized carbons (Fsp3) is 0.375. The van der Waals surface area contributed by atoms with E-state index in [1.165, 1.54) is 0 Å². The minimum Gasteiger partial charge on any atom is -0.486 e. The first kappa shape index (κ1) is 15.8. The minimum atomic E-state index is -0.251. The second-order valence-electron chi connectivity index (χ2n) is 5.36. The monoisotopic (exact) mass is 336 g/mol. The maximum Gasteiger partial charge on any atom is 0.273 e. The van der Waals surface area contributed by atoms with Crippen LogP contribution in [0, 0.1) is 5.92 Å². The summed E-state index contributed by atoms with van der Waals surface area (Å²) >= 11 is 5.81. The molecular weight excluding hydrogens is 320 g/mol. The first-order valence-corrected chi connectivity index (χ1v) is 7.78. The van der Waals surface area contributed by atoms with Crippen LogP contribution < -0.4 is 10.1 Å². The molecule has 0 aliphatic carbocycles. The molecule has 1 atom stereocenters. The Balaban J connectivity index is 1.48. The van der Waals surface area contributed by atoms with Crippen LogP contribution in [0.5, 0.6) is 5.75 Å². The Kier molecular flexibility index (Phi) is 5.15. The van der Waals surface area contributed by atoms with Crippen LogP contribution in [0.4, 0.5) is 0 Å². The molecule has 1 N–H and O–H groups in total. The van der Waals surface area contributed by atoms with Gasteiger partial charge in [0.2, 0.25) is 0 Å². The normalized spacial score (nSPS) is 17.2. The summed E-state index contributed by atoms with van der Waals surface area (Å²) in [6.45, 7) is 2.23. The van der Waals surface area contributed by atoms with Crippen LogP contribution in [0.2, 0.25) is 5.02 Å². The van der Waals surface area contributed by atoms with E-state index >= 15 is 0 Å². The van der Waals surface area contributed by atoms with Gasteiger partial charge in [-0.15, -0.1) is 0 Å². The number of hydrogen-bond acceptors (Lipinski definition) is 5. The maximum absolute atomic E-state index is 12.0. The van der Waals surface area contributed by atoms with Crippen molar-refractivity contribution < 1.29 is 18.8 Å². The van der Waals surface area contributed by atoms with Gasteiger partial charge in [0.1, 0.15) is 12.4 Å². The molecule has 0 radical (unpaired) electrons. The predicted octanol–water partition coefficient (Wildman–Crippen LogP) is 2.67. The summed E-state index contributed by atoms with van der Waals surface area (Å²) in [4.78, 5) is 12.0. The molecule has 0 bridgehead atoms. The summed E-state index contributed by atoms with van der Waals surface area (Å²) in [5.41, 5.74) is 0.249. The number of benzene rings is 1. The summed E-state index contributed by atoms with van der Waals surface area (Å²) in [5, 5.41) is 7.25. The molecule has 2 aromatic rings. The molecule has 6 nitrogen and oxygen atoms in total. The molecule has 122 valence electrons. The van der Waals surface area contributed by atoms with E-state index in [1.807, 2.05) is 0 Å². The van der Waals surface area contributed by atoms with Gasteiger partial charge >= 0.3 is 0 Å². The minimum absolute atomic E-state index is 0.193. The molecule has 1 aromatic heterocycles. The van der Waals surface area contributed by atoms with Crippen molar-refractivity contribution in [3.8, 4) is 5.75 Å². The van der Waals surface area contributed by atoms with Gasteiger partial charge in [0.25, 0.3) is 5.91 Å². The van der Waals surface area contributed by atoms with E-state index in [0.29, 0.717) is 35.6 Å². The zero-order valence-electron chi connectivity index (χ0n) is 12.5. The number of halogens is 1. The molecule has 7 heteroatoms. The van der Waals surface area contributed by atoms with E-state index in [-0.39, 0.29) is 18.2 Å². The lowest BCUT2D eigenvalue weighted by atomic mass is 10.1. The van der Waals surface area contributed by atoms with Crippen molar-refractivity contribution in [3.63, 3.8) is 0 Å². The van der Waals surface area contributed by atoms with Crippen LogP contribution in [-0.2, 0) is 11.3 Å². The fourth-order valence-electron chi connectivity index (χ4n) is 2.25. The Bertz CT molecular complexity index is 650. The van der Waals surface area contributed by atoms with E-state index in [1.54, 1.807) is 30.3 Å². The smallest absolute Gasteiger partial charge is 0.273 e. The number of aromatic nitrogens is 1. The molecule has 1 fully saturated rings. The Morgan fingerprint density at radius 3 is 2.96 bits per heavy atom. The average molecular weight is 337 g/mol. The average Bonchev–Trinajstić information content (AvgIpc) is 3.24. The van der Waals surface area contributed by atoms with Gasteiger partial charge in [0, 0.05) is 30.2 Å². The highest BCUT2D eigenvalue weighted by Crippen LogP contribution is 2.17. The molecule has 0 saturated carbocycles. The van der Waals surface area contributed by atoms with Gasteiger partial charge in [-0.05, 0) is 30.7 Å². The zero-order chi connectivity index (χ0) is 16.1. The standard InChI is InChI=1S/C16H17ClN2O4/c17-12-1-3-13(4-2-12)22-10-14-7-15(19-23-14)16(20)18-8-11-5-6-21-9-11/h1-4,7,11H,5-6,8-10H2,(H,18,20). The van der Waals surface area contributed by atoms with Crippen LogP contribution in [0.3, 0.4) is 0 Å². The maximum atomic E-state index is 12.0. The first-order chi connectivity index (χ1) is 11.2. The highest BCUT2D eigenvalue weighted by molar-refractivity contribution is 6.30. The van der Waals surface area contributed by atoms with E-state index in [4.69, 9.17) is 25.6 Å². The van der Waals surface area contributed by atoms with Gasteiger partial charge < -0.3 is 19.3 Å². The third-order valence-corrected chi connectivity index (χ3v) is 3.81. The van der Waals surface area contributed by atoms with Gasteiger partial charge in [-0.2, -0.15) is 0 Å². The van der Waals surface area contributed by atoms with E-state index in [2.05, 4.69) is 10.5 Å².